The lowest BCUT2D eigenvalue weighted by Gasteiger charge is -2.03. The fraction of sp³-hybridized carbons (Fsp3) is 0.267. The van der Waals surface area contributed by atoms with Crippen molar-refractivity contribution in [2.75, 3.05) is 0 Å². The summed E-state index contributed by atoms with van der Waals surface area (Å²) in [5.74, 6) is 0. The topological polar surface area (TPSA) is 35.1 Å². The van der Waals surface area contributed by atoms with Gasteiger partial charge in [-0.3, -0.25) is 0 Å². The Morgan fingerprint density at radius 2 is 2.11 bits per heavy atom. The van der Waals surface area contributed by atoms with Gasteiger partial charge in [0.05, 0.1) is 10.9 Å². The zero-order chi connectivity index (χ0) is 12.3. The second kappa shape index (κ2) is 3.25. The van der Waals surface area contributed by atoms with Crippen LogP contribution in [0.15, 0.2) is 33.5 Å². The molecule has 0 N–H and O–H groups in total. The average Bonchev–Trinajstić information content (AvgIpc) is 2.93. The van der Waals surface area contributed by atoms with Crippen molar-refractivity contribution in [3.8, 4) is 0 Å². The minimum Gasteiger partial charge on any atom is -0.422 e. The van der Waals surface area contributed by atoms with Crippen LogP contribution < -0.4 is 5.63 Å². The Kier molecular flexibility index (Phi) is 1.80. The summed E-state index contributed by atoms with van der Waals surface area (Å²) >= 11 is 0. The van der Waals surface area contributed by atoms with Gasteiger partial charge in [0.15, 0.2) is 0 Å². The third-order valence-electron chi connectivity index (χ3n) is 3.98. The van der Waals surface area contributed by atoms with Crippen molar-refractivity contribution < 1.29 is 4.42 Å². The fourth-order valence-corrected chi connectivity index (χ4v) is 3.20. The first-order valence-electron chi connectivity index (χ1n) is 6.31. The number of fused-ring (bicyclic) bond motifs is 5. The minimum atomic E-state index is -0.205. The molecule has 0 saturated carbocycles. The van der Waals surface area contributed by atoms with Gasteiger partial charge in [-0.15, -0.1) is 0 Å². The fourth-order valence-electron chi connectivity index (χ4n) is 3.20. The van der Waals surface area contributed by atoms with Crippen molar-refractivity contribution in [3.63, 3.8) is 0 Å². The second-order valence-corrected chi connectivity index (χ2v) is 4.94. The molecule has 4 rings (SSSR count). The maximum atomic E-state index is 12.1. The van der Waals surface area contributed by atoms with E-state index in [4.69, 9.17) is 4.42 Å². The highest BCUT2D eigenvalue weighted by molar-refractivity contribution is 6.04. The predicted octanol–water partition coefficient (Wildman–Crippen LogP) is 3.00. The first-order valence-corrected chi connectivity index (χ1v) is 6.31. The van der Waals surface area contributed by atoms with Crippen LogP contribution in [-0.2, 0) is 13.0 Å². The average molecular weight is 239 g/mol. The molecule has 1 aliphatic rings. The van der Waals surface area contributed by atoms with Crippen LogP contribution >= 0.6 is 0 Å². The lowest BCUT2D eigenvalue weighted by Crippen LogP contribution is -2.01. The molecule has 0 radical (unpaired) electrons. The van der Waals surface area contributed by atoms with Gasteiger partial charge in [0.2, 0.25) is 0 Å². The van der Waals surface area contributed by atoms with Crippen molar-refractivity contribution in [1.29, 1.82) is 0 Å². The van der Waals surface area contributed by atoms with E-state index in [0.29, 0.717) is 5.58 Å². The molecule has 0 fully saturated rings. The number of rotatable bonds is 0. The molecule has 3 nitrogen and oxygen atoms in total. The number of aryl methyl sites for hydroxylation is 2. The molecule has 3 heteroatoms. The van der Waals surface area contributed by atoms with Gasteiger partial charge in [0, 0.05) is 17.6 Å². The SMILES string of the molecule is Cc1c2n(c3c1c(=O)oc1ccccc13)CCC2. The van der Waals surface area contributed by atoms with E-state index in [2.05, 4.69) is 4.57 Å². The maximum absolute atomic E-state index is 12.1. The van der Waals surface area contributed by atoms with Gasteiger partial charge in [0.25, 0.3) is 0 Å². The van der Waals surface area contributed by atoms with Gasteiger partial charge in [-0.1, -0.05) is 12.1 Å². The Bertz CT molecular complexity index is 839. The van der Waals surface area contributed by atoms with Gasteiger partial charge >= 0.3 is 5.63 Å². The predicted molar refractivity (Wildman–Crippen MR) is 71.0 cm³/mol. The third kappa shape index (κ3) is 1.07. The smallest absolute Gasteiger partial charge is 0.346 e. The largest absolute Gasteiger partial charge is 0.422 e. The molecule has 3 aromatic rings. The molecule has 0 bridgehead atoms. The molecule has 1 aromatic carbocycles. The monoisotopic (exact) mass is 239 g/mol. The van der Waals surface area contributed by atoms with E-state index in [1.54, 1.807) is 0 Å². The molecule has 0 spiro atoms. The maximum Gasteiger partial charge on any atom is 0.346 e. The highest BCUT2D eigenvalue weighted by Gasteiger charge is 2.23. The molecule has 2 aromatic heterocycles. The molecular weight excluding hydrogens is 226 g/mol. The zero-order valence-corrected chi connectivity index (χ0v) is 10.2. The van der Waals surface area contributed by atoms with Crippen LogP contribution in [-0.4, -0.2) is 4.57 Å². The quantitative estimate of drug-likeness (QED) is 0.565. The van der Waals surface area contributed by atoms with E-state index in [0.717, 1.165) is 34.8 Å². The highest BCUT2D eigenvalue weighted by atomic mass is 16.4. The Hall–Kier alpha value is -2.03. The van der Waals surface area contributed by atoms with Gasteiger partial charge < -0.3 is 8.98 Å². The van der Waals surface area contributed by atoms with E-state index >= 15 is 0 Å². The molecule has 0 aliphatic carbocycles. The Morgan fingerprint density at radius 3 is 3.00 bits per heavy atom. The van der Waals surface area contributed by atoms with E-state index in [9.17, 15) is 4.79 Å². The van der Waals surface area contributed by atoms with Crippen LogP contribution in [0.4, 0.5) is 0 Å². The second-order valence-electron chi connectivity index (χ2n) is 4.94. The number of para-hydroxylation sites is 1. The number of aromatic nitrogens is 1. The van der Waals surface area contributed by atoms with E-state index in [-0.39, 0.29) is 5.63 Å². The van der Waals surface area contributed by atoms with Crippen molar-refractivity contribution in [3.05, 3.63) is 45.9 Å². The first-order chi connectivity index (χ1) is 8.77. The van der Waals surface area contributed by atoms with E-state index in [1.807, 2.05) is 31.2 Å². The molecular formula is C15H13NO2. The van der Waals surface area contributed by atoms with Crippen molar-refractivity contribution in [2.45, 2.75) is 26.3 Å². The summed E-state index contributed by atoms with van der Waals surface area (Å²) in [6.07, 6.45) is 2.23. The molecule has 3 heterocycles. The summed E-state index contributed by atoms with van der Waals surface area (Å²) < 4.78 is 7.72. The number of nitrogens with zero attached hydrogens (tertiary/aromatic N) is 1. The Morgan fingerprint density at radius 1 is 1.28 bits per heavy atom. The molecule has 0 atom stereocenters. The van der Waals surface area contributed by atoms with Gasteiger partial charge in [-0.05, 0) is 37.5 Å². The molecule has 0 unspecified atom stereocenters. The summed E-state index contributed by atoms with van der Waals surface area (Å²) in [5, 5.41) is 1.81. The molecule has 1 aliphatic heterocycles. The van der Waals surface area contributed by atoms with Crippen LogP contribution in [0.2, 0.25) is 0 Å². The van der Waals surface area contributed by atoms with E-state index in [1.165, 1.54) is 12.1 Å². The lowest BCUT2D eigenvalue weighted by atomic mass is 10.1. The van der Waals surface area contributed by atoms with Crippen LogP contribution in [0, 0.1) is 6.92 Å². The summed E-state index contributed by atoms with van der Waals surface area (Å²) in [6.45, 7) is 3.04. The third-order valence-corrected chi connectivity index (χ3v) is 3.98. The Balaban J connectivity index is 2.37. The molecule has 0 amide bonds. The van der Waals surface area contributed by atoms with Crippen LogP contribution in [0.1, 0.15) is 17.7 Å². The summed E-state index contributed by atoms with van der Waals surface area (Å²) in [5.41, 5.74) is 3.94. The van der Waals surface area contributed by atoms with Crippen molar-refractivity contribution in [1.82, 2.24) is 4.57 Å². The van der Waals surface area contributed by atoms with Crippen LogP contribution in [0.5, 0.6) is 0 Å². The number of hydrogen-bond acceptors (Lipinski definition) is 2. The number of hydrogen-bond donors (Lipinski definition) is 0. The van der Waals surface area contributed by atoms with Gasteiger partial charge in [0.1, 0.15) is 5.58 Å². The summed E-state index contributed by atoms with van der Waals surface area (Å²) in [7, 11) is 0. The van der Waals surface area contributed by atoms with Crippen molar-refractivity contribution >= 4 is 21.9 Å². The molecule has 18 heavy (non-hydrogen) atoms. The van der Waals surface area contributed by atoms with Gasteiger partial charge in [-0.25, -0.2) is 4.79 Å². The highest BCUT2D eigenvalue weighted by Crippen LogP contribution is 2.33. The van der Waals surface area contributed by atoms with E-state index < -0.39 is 0 Å². The normalized spacial score (nSPS) is 14.5. The van der Waals surface area contributed by atoms with Crippen LogP contribution in [0.3, 0.4) is 0 Å². The lowest BCUT2D eigenvalue weighted by molar-refractivity contribution is 0.569. The summed E-state index contributed by atoms with van der Waals surface area (Å²) in [6, 6.07) is 7.79. The minimum absolute atomic E-state index is 0.205. The molecule has 90 valence electrons. The van der Waals surface area contributed by atoms with Crippen molar-refractivity contribution in [2.24, 2.45) is 0 Å². The van der Waals surface area contributed by atoms with Crippen LogP contribution in [0.25, 0.3) is 21.9 Å². The van der Waals surface area contributed by atoms with Gasteiger partial charge in [-0.2, -0.15) is 0 Å². The zero-order valence-electron chi connectivity index (χ0n) is 10.2. The standard InChI is InChI=1S/C15H13NO2/c1-9-11-6-4-8-16(11)14-10-5-2-3-7-12(10)18-15(17)13(9)14/h2-3,5,7H,4,6,8H2,1H3. The Labute approximate surface area is 104 Å². The number of benzene rings is 1. The summed E-state index contributed by atoms with van der Waals surface area (Å²) in [4.78, 5) is 12.1. The first kappa shape index (κ1) is 9.95. The molecule has 0 saturated heterocycles.